The molecule has 0 aliphatic heterocycles. The molecule has 1 fully saturated rings. The summed E-state index contributed by atoms with van der Waals surface area (Å²) >= 11 is 0. The summed E-state index contributed by atoms with van der Waals surface area (Å²) in [5.41, 5.74) is 0.734. The van der Waals surface area contributed by atoms with Crippen molar-refractivity contribution in [3.63, 3.8) is 0 Å². The minimum atomic E-state index is -0.194. The number of methoxy groups -OCH3 is 1. The van der Waals surface area contributed by atoms with Crippen molar-refractivity contribution in [2.45, 2.75) is 45.3 Å². The van der Waals surface area contributed by atoms with Gasteiger partial charge in [-0.25, -0.2) is 4.39 Å². The number of rotatable bonds is 8. The van der Waals surface area contributed by atoms with Crippen LogP contribution in [0.15, 0.2) is 18.2 Å². The van der Waals surface area contributed by atoms with E-state index in [9.17, 15) is 4.39 Å². The first-order valence-corrected chi connectivity index (χ1v) is 7.86. The average Bonchev–Trinajstić information content (AvgIpc) is 2.44. The first kappa shape index (κ1) is 16.2. The van der Waals surface area contributed by atoms with Crippen LogP contribution in [0.1, 0.15) is 44.7 Å². The molecule has 1 saturated carbocycles. The SMILES string of the molecule is CCNC(CC1CC(OCC)C1)c1ccc(OC)cc1F. The fourth-order valence-corrected chi connectivity index (χ4v) is 3.06. The fourth-order valence-electron chi connectivity index (χ4n) is 3.06. The minimum Gasteiger partial charge on any atom is -0.497 e. The summed E-state index contributed by atoms with van der Waals surface area (Å²) in [6.07, 6.45) is 3.55. The first-order chi connectivity index (χ1) is 10.2. The number of hydrogen-bond acceptors (Lipinski definition) is 3. The molecule has 1 aliphatic carbocycles. The number of ether oxygens (including phenoxy) is 2. The van der Waals surface area contributed by atoms with Gasteiger partial charge in [-0.3, -0.25) is 0 Å². The molecule has 21 heavy (non-hydrogen) atoms. The van der Waals surface area contributed by atoms with Gasteiger partial charge in [-0.15, -0.1) is 0 Å². The minimum absolute atomic E-state index is 0.0634. The quantitative estimate of drug-likeness (QED) is 0.793. The molecule has 0 saturated heterocycles. The molecular weight excluding hydrogens is 269 g/mol. The molecule has 1 aliphatic rings. The van der Waals surface area contributed by atoms with E-state index in [1.54, 1.807) is 7.11 Å². The molecule has 1 atom stereocenters. The normalized spacial score (nSPS) is 22.7. The number of benzene rings is 1. The smallest absolute Gasteiger partial charge is 0.131 e. The summed E-state index contributed by atoms with van der Waals surface area (Å²) in [4.78, 5) is 0. The maximum atomic E-state index is 14.2. The molecule has 0 spiro atoms. The monoisotopic (exact) mass is 295 g/mol. The van der Waals surface area contributed by atoms with E-state index in [0.29, 0.717) is 17.8 Å². The average molecular weight is 295 g/mol. The van der Waals surface area contributed by atoms with Gasteiger partial charge in [0.15, 0.2) is 0 Å². The van der Waals surface area contributed by atoms with Crippen molar-refractivity contribution >= 4 is 0 Å². The lowest BCUT2D eigenvalue weighted by Gasteiger charge is -2.37. The highest BCUT2D eigenvalue weighted by Crippen LogP contribution is 2.37. The molecule has 4 heteroatoms. The molecular formula is C17H26FNO2. The summed E-state index contributed by atoms with van der Waals surface area (Å²) in [5, 5.41) is 3.40. The zero-order chi connectivity index (χ0) is 15.2. The van der Waals surface area contributed by atoms with Crippen LogP contribution in [0.4, 0.5) is 4.39 Å². The molecule has 0 bridgehead atoms. The van der Waals surface area contributed by atoms with Crippen LogP contribution in [0.3, 0.4) is 0 Å². The Morgan fingerprint density at radius 1 is 1.33 bits per heavy atom. The van der Waals surface area contributed by atoms with E-state index < -0.39 is 0 Å². The van der Waals surface area contributed by atoms with E-state index in [1.807, 2.05) is 19.1 Å². The van der Waals surface area contributed by atoms with Crippen LogP contribution in [0, 0.1) is 11.7 Å². The van der Waals surface area contributed by atoms with Crippen LogP contribution in [0.25, 0.3) is 0 Å². The highest BCUT2D eigenvalue weighted by Gasteiger charge is 2.32. The second-order valence-corrected chi connectivity index (χ2v) is 5.65. The third kappa shape index (κ3) is 4.17. The van der Waals surface area contributed by atoms with Crippen molar-refractivity contribution in [1.82, 2.24) is 5.32 Å². The lowest BCUT2D eigenvalue weighted by molar-refractivity contribution is -0.0291. The Bertz CT molecular complexity index is 446. The van der Waals surface area contributed by atoms with Gasteiger partial charge >= 0.3 is 0 Å². The second-order valence-electron chi connectivity index (χ2n) is 5.65. The summed E-state index contributed by atoms with van der Waals surface area (Å²) < 4.78 is 24.9. The Kier molecular flexibility index (Phi) is 6.00. The number of hydrogen-bond donors (Lipinski definition) is 1. The molecule has 0 amide bonds. The highest BCUT2D eigenvalue weighted by atomic mass is 19.1. The van der Waals surface area contributed by atoms with E-state index >= 15 is 0 Å². The fraction of sp³-hybridized carbons (Fsp3) is 0.647. The predicted molar refractivity (Wildman–Crippen MR) is 82.1 cm³/mol. The van der Waals surface area contributed by atoms with Crippen molar-refractivity contribution in [3.05, 3.63) is 29.6 Å². The molecule has 2 rings (SSSR count). The van der Waals surface area contributed by atoms with Gasteiger partial charge < -0.3 is 14.8 Å². The second kappa shape index (κ2) is 7.76. The van der Waals surface area contributed by atoms with Crippen LogP contribution in [-0.2, 0) is 4.74 Å². The summed E-state index contributed by atoms with van der Waals surface area (Å²) in [5.74, 6) is 0.986. The van der Waals surface area contributed by atoms with Gasteiger partial charge in [0.1, 0.15) is 11.6 Å². The molecule has 1 aromatic carbocycles. The molecule has 118 valence electrons. The largest absolute Gasteiger partial charge is 0.497 e. The topological polar surface area (TPSA) is 30.5 Å². The Labute approximate surface area is 126 Å². The third-order valence-electron chi connectivity index (χ3n) is 4.20. The van der Waals surface area contributed by atoms with Crippen LogP contribution in [-0.4, -0.2) is 26.4 Å². The van der Waals surface area contributed by atoms with E-state index in [1.165, 1.54) is 6.07 Å². The van der Waals surface area contributed by atoms with Gasteiger partial charge in [0.05, 0.1) is 13.2 Å². The Morgan fingerprint density at radius 3 is 2.67 bits per heavy atom. The van der Waals surface area contributed by atoms with Gasteiger partial charge in [0.2, 0.25) is 0 Å². The van der Waals surface area contributed by atoms with Crippen LogP contribution in [0.5, 0.6) is 5.75 Å². The van der Waals surface area contributed by atoms with Gasteiger partial charge in [0.25, 0.3) is 0 Å². The van der Waals surface area contributed by atoms with Crippen molar-refractivity contribution in [2.75, 3.05) is 20.3 Å². The summed E-state index contributed by atoms with van der Waals surface area (Å²) in [6, 6.07) is 5.18. The van der Waals surface area contributed by atoms with Crippen LogP contribution >= 0.6 is 0 Å². The van der Waals surface area contributed by atoms with E-state index in [-0.39, 0.29) is 11.9 Å². The Balaban J connectivity index is 1.99. The van der Waals surface area contributed by atoms with Crippen molar-refractivity contribution in [2.24, 2.45) is 5.92 Å². The Hall–Kier alpha value is -1.13. The highest BCUT2D eigenvalue weighted by molar-refractivity contribution is 5.31. The molecule has 1 aromatic rings. The van der Waals surface area contributed by atoms with Gasteiger partial charge in [-0.1, -0.05) is 13.0 Å². The zero-order valence-electron chi connectivity index (χ0n) is 13.2. The standard InChI is InChI=1S/C17H26FNO2/c1-4-19-17(10-12-8-14(9-12)21-5-2)15-7-6-13(20-3)11-16(15)18/h6-7,11-12,14,17,19H,4-5,8-10H2,1-3H3. The van der Waals surface area contributed by atoms with Crippen LogP contribution in [0.2, 0.25) is 0 Å². The third-order valence-corrected chi connectivity index (χ3v) is 4.20. The molecule has 1 N–H and O–H groups in total. The maximum Gasteiger partial charge on any atom is 0.131 e. The van der Waals surface area contributed by atoms with Gasteiger partial charge in [-0.05, 0) is 44.7 Å². The van der Waals surface area contributed by atoms with Crippen LogP contribution < -0.4 is 10.1 Å². The lowest BCUT2D eigenvalue weighted by atomic mass is 9.77. The van der Waals surface area contributed by atoms with Gasteiger partial charge in [0, 0.05) is 24.3 Å². The number of nitrogens with one attached hydrogen (secondary N) is 1. The summed E-state index contributed by atoms with van der Waals surface area (Å²) in [6.45, 7) is 5.69. The Morgan fingerprint density at radius 2 is 2.10 bits per heavy atom. The molecule has 0 radical (unpaired) electrons. The molecule has 3 nitrogen and oxygen atoms in total. The van der Waals surface area contributed by atoms with E-state index in [4.69, 9.17) is 9.47 Å². The lowest BCUT2D eigenvalue weighted by Crippen LogP contribution is -2.35. The summed E-state index contributed by atoms with van der Waals surface area (Å²) in [7, 11) is 1.55. The van der Waals surface area contributed by atoms with E-state index in [0.717, 1.165) is 38.0 Å². The molecule has 0 heterocycles. The van der Waals surface area contributed by atoms with E-state index in [2.05, 4.69) is 12.2 Å². The van der Waals surface area contributed by atoms with Crippen molar-refractivity contribution in [3.8, 4) is 5.75 Å². The van der Waals surface area contributed by atoms with Crippen molar-refractivity contribution < 1.29 is 13.9 Å². The van der Waals surface area contributed by atoms with Gasteiger partial charge in [-0.2, -0.15) is 0 Å². The molecule has 1 unspecified atom stereocenters. The number of halogens is 1. The maximum absolute atomic E-state index is 14.2. The predicted octanol–water partition coefficient (Wildman–Crippen LogP) is 3.69. The molecule has 0 aromatic heterocycles. The van der Waals surface area contributed by atoms with Crippen molar-refractivity contribution in [1.29, 1.82) is 0 Å². The first-order valence-electron chi connectivity index (χ1n) is 7.86. The zero-order valence-corrected chi connectivity index (χ0v) is 13.2.